The molecule has 1 atom stereocenters. The molecule has 84 valence electrons. The minimum atomic E-state index is -0.336. The van der Waals surface area contributed by atoms with Gasteiger partial charge in [0.1, 0.15) is 11.6 Å². The number of methoxy groups -OCH3 is 1. The molecule has 0 aliphatic heterocycles. The molecular formula is C10H16FN3O. The maximum atomic E-state index is 12.5. The fourth-order valence-corrected chi connectivity index (χ4v) is 1.16. The minimum Gasteiger partial charge on any atom is -0.383 e. The Kier molecular flexibility index (Phi) is 5.00. The lowest BCUT2D eigenvalue weighted by molar-refractivity contribution is 0.178. The third-order valence-electron chi connectivity index (χ3n) is 1.93. The van der Waals surface area contributed by atoms with E-state index in [4.69, 9.17) is 10.5 Å². The second kappa shape index (κ2) is 6.31. The van der Waals surface area contributed by atoms with Gasteiger partial charge in [0.25, 0.3) is 0 Å². The topological polar surface area (TPSA) is 60.2 Å². The normalized spacial score (nSPS) is 12.5. The number of rotatable bonds is 6. The van der Waals surface area contributed by atoms with Crippen LogP contribution in [0.3, 0.4) is 0 Å². The summed E-state index contributed by atoms with van der Waals surface area (Å²) in [5.74, 6) is 0.317. The van der Waals surface area contributed by atoms with Crippen molar-refractivity contribution >= 4 is 5.82 Å². The Morgan fingerprint density at radius 2 is 2.40 bits per heavy atom. The van der Waals surface area contributed by atoms with Gasteiger partial charge >= 0.3 is 0 Å². The number of hydrogen-bond acceptors (Lipinski definition) is 4. The Balaban J connectivity index is 2.22. The van der Waals surface area contributed by atoms with Gasteiger partial charge in [-0.05, 0) is 18.6 Å². The Hall–Kier alpha value is -1.20. The molecule has 5 heteroatoms. The molecule has 1 heterocycles. The van der Waals surface area contributed by atoms with Crippen molar-refractivity contribution in [1.29, 1.82) is 0 Å². The van der Waals surface area contributed by atoms with Gasteiger partial charge in [0.2, 0.25) is 0 Å². The van der Waals surface area contributed by atoms with Crippen molar-refractivity contribution in [3.63, 3.8) is 0 Å². The van der Waals surface area contributed by atoms with E-state index < -0.39 is 0 Å². The lowest BCUT2D eigenvalue weighted by Crippen LogP contribution is -2.28. The highest BCUT2D eigenvalue weighted by Gasteiger charge is 2.01. The van der Waals surface area contributed by atoms with Gasteiger partial charge in [-0.15, -0.1) is 0 Å². The van der Waals surface area contributed by atoms with Gasteiger partial charge in [-0.25, -0.2) is 9.37 Å². The maximum Gasteiger partial charge on any atom is 0.141 e. The van der Waals surface area contributed by atoms with Crippen LogP contribution in [0.25, 0.3) is 0 Å². The van der Waals surface area contributed by atoms with E-state index in [1.165, 1.54) is 12.3 Å². The molecule has 3 N–H and O–H groups in total. The summed E-state index contributed by atoms with van der Waals surface area (Å²) in [4.78, 5) is 3.86. The number of nitrogens with two attached hydrogens (primary N) is 1. The number of hydrogen-bond donors (Lipinski definition) is 2. The number of pyridine rings is 1. The molecule has 0 aromatic carbocycles. The quantitative estimate of drug-likeness (QED) is 0.740. The molecule has 4 nitrogen and oxygen atoms in total. The van der Waals surface area contributed by atoms with Crippen LogP contribution in [0, 0.1) is 5.82 Å². The number of ether oxygens (including phenoxy) is 1. The zero-order valence-corrected chi connectivity index (χ0v) is 8.74. The molecule has 0 bridgehead atoms. The number of halogens is 1. The highest BCUT2D eigenvalue weighted by atomic mass is 19.1. The predicted molar refractivity (Wildman–Crippen MR) is 57.2 cm³/mol. The summed E-state index contributed by atoms with van der Waals surface area (Å²) in [5.41, 5.74) is 5.73. The molecule has 1 rings (SSSR count). The number of nitrogens with zero attached hydrogens (tertiary/aromatic N) is 1. The van der Waals surface area contributed by atoms with Gasteiger partial charge in [0, 0.05) is 19.7 Å². The van der Waals surface area contributed by atoms with Gasteiger partial charge in [-0.3, -0.25) is 0 Å². The molecule has 0 radical (unpaired) electrons. The molecule has 1 aromatic heterocycles. The van der Waals surface area contributed by atoms with Crippen molar-refractivity contribution in [3.8, 4) is 0 Å². The van der Waals surface area contributed by atoms with E-state index >= 15 is 0 Å². The summed E-state index contributed by atoms with van der Waals surface area (Å²) >= 11 is 0. The van der Waals surface area contributed by atoms with Gasteiger partial charge in [-0.2, -0.15) is 0 Å². The van der Waals surface area contributed by atoms with Crippen molar-refractivity contribution in [3.05, 3.63) is 24.1 Å². The summed E-state index contributed by atoms with van der Waals surface area (Å²) in [5, 5.41) is 3.05. The van der Waals surface area contributed by atoms with Crippen LogP contribution in [0.1, 0.15) is 6.42 Å². The SMILES string of the molecule is COCC(N)CCNc1ccc(F)cn1. The monoisotopic (exact) mass is 213 g/mol. The van der Waals surface area contributed by atoms with Crippen molar-refractivity contribution in [2.75, 3.05) is 25.6 Å². The molecule has 0 saturated carbocycles. The van der Waals surface area contributed by atoms with E-state index in [1.54, 1.807) is 13.2 Å². The van der Waals surface area contributed by atoms with Crippen LogP contribution < -0.4 is 11.1 Å². The van der Waals surface area contributed by atoms with Gasteiger partial charge in [0.05, 0.1) is 12.8 Å². The Morgan fingerprint density at radius 3 is 3.00 bits per heavy atom. The second-order valence-electron chi connectivity index (χ2n) is 3.29. The third kappa shape index (κ3) is 4.71. The van der Waals surface area contributed by atoms with Crippen LogP contribution >= 0.6 is 0 Å². The van der Waals surface area contributed by atoms with Crippen molar-refractivity contribution in [1.82, 2.24) is 4.98 Å². The number of anilines is 1. The second-order valence-corrected chi connectivity index (χ2v) is 3.29. The fourth-order valence-electron chi connectivity index (χ4n) is 1.16. The molecule has 0 fully saturated rings. The van der Waals surface area contributed by atoms with Crippen molar-refractivity contribution in [2.24, 2.45) is 5.73 Å². The van der Waals surface area contributed by atoms with Crippen LogP contribution in [0.4, 0.5) is 10.2 Å². The largest absolute Gasteiger partial charge is 0.383 e. The molecule has 1 unspecified atom stereocenters. The standard InChI is InChI=1S/C10H16FN3O/c1-15-7-9(12)4-5-13-10-3-2-8(11)6-14-10/h2-3,6,9H,4-5,7,12H2,1H3,(H,13,14). The van der Waals surface area contributed by atoms with E-state index in [-0.39, 0.29) is 11.9 Å². The highest BCUT2D eigenvalue weighted by Crippen LogP contribution is 2.03. The summed E-state index contributed by atoms with van der Waals surface area (Å²) in [6.45, 7) is 1.24. The first-order chi connectivity index (χ1) is 7.22. The van der Waals surface area contributed by atoms with E-state index in [0.29, 0.717) is 19.0 Å². The van der Waals surface area contributed by atoms with Crippen molar-refractivity contribution < 1.29 is 9.13 Å². The summed E-state index contributed by atoms with van der Waals surface area (Å²) in [7, 11) is 1.62. The fraction of sp³-hybridized carbons (Fsp3) is 0.500. The average Bonchev–Trinajstić information content (AvgIpc) is 2.21. The third-order valence-corrected chi connectivity index (χ3v) is 1.93. The van der Waals surface area contributed by atoms with E-state index in [9.17, 15) is 4.39 Å². The van der Waals surface area contributed by atoms with Gasteiger partial charge in [-0.1, -0.05) is 0 Å². The Morgan fingerprint density at radius 1 is 1.60 bits per heavy atom. The molecule has 1 aromatic rings. The van der Waals surface area contributed by atoms with Crippen molar-refractivity contribution in [2.45, 2.75) is 12.5 Å². The zero-order chi connectivity index (χ0) is 11.1. The number of nitrogens with one attached hydrogen (secondary N) is 1. The van der Waals surface area contributed by atoms with E-state index in [2.05, 4.69) is 10.3 Å². The lowest BCUT2D eigenvalue weighted by atomic mass is 10.2. The highest BCUT2D eigenvalue weighted by molar-refractivity contribution is 5.33. The van der Waals surface area contributed by atoms with Crippen LogP contribution in [0.15, 0.2) is 18.3 Å². The molecule has 15 heavy (non-hydrogen) atoms. The molecule has 0 aliphatic rings. The van der Waals surface area contributed by atoms with E-state index in [1.807, 2.05) is 0 Å². The minimum absolute atomic E-state index is 0.0166. The van der Waals surface area contributed by atoms with Crippen LogP contribution in [-0.4, -0.2) is 31.3 Å². The predicted octanol–water partition coefficient (Wildman–Crippen LogP) is 0.996. The first kappa shape index (κ1) is 11.9. The van der Waals surface area contributed by atoms with Crippen LogP contribution in [0.5, 0.6) is 0 Å². The van der Waals surface area contributed by atoms with Crippen LogP contribution in [-0.2, 0) is 4.74 Å². The zero-order valence-electron chi connectivity index (χ0n) is 8.74. The molecule has 0 spiro atoms. The Labute approximate surface area is 88.6 Å². The number of aromatic nitrogens is 1. The summed E-state index contributed by atoms with van der Waals surface area (Å²) in [6.07, 6.45) is 1.96. The molecule has 0 saturated heterocycles. The van der Waals surface area contributed by atoms with Gasteiger partial charge in [0.15, 0.2) is 0 Å². The summed E-state index contributed by atoms with van der Waals surface area (Å²) < 4.78 is 17.4. The van der Waals surface area contributed by atoms with E-state index in [0.717, 1.165) is 6.42 Å². The van der Waals surface area contributed by atoms with Gasteiger partial charge < -0.3 is 15.8 Å². The molecule has 0 aliphatic carbocycles. The molecule has 0 amide bonds. The first-order valence-electron chi connectivity index (χ1n) is 4.82. The molecular weight excluding hydrogens is 197 g/mol. The Bertz CT molecular complexity index is 279. The lowest BCUT2D eigenvalue weighted by Gasteiger charge is -2.10. The first-order valence-corrected chi connectivity index (χ1v) is 4.82. The van der Waals surface area contributed by atoms with Crippen LogP contribution in [0.2, 0.25) is 0 Å². The summed E-state index contributed by atoms with van der Waals surface area (Å²) in [6, 6.07) is 2.98. The average molecular weight is 213 g/mol. The smallest absolute Gasteiger partial charge is 0.141 e. The maximum absolute atomic E-state index is 12.5.